The number of nitrogens with zero attached hydrogens (tertiary/aromatic N) is 3. The topological polar surface area (TPSA) is 107 Å². The van der Waals surface area contributed by atoms with Gasteiger partial charge in [-0.05, 0) is 37.3 Å². The van der Waals surface area contributed by atoms with Gasteiger partial charge in [-0.1, -0.05) is 0 Å². The first-order valence-electron chi connectivity index (χ1n) is 9.37. The zero-order chi connectivity index (χ0) is 21.1. The van der Waals surface area contributed by atoms with Gasteiger partial charge in [0.25, 0.3) is 0 Å². The fraction of sp³-hybridized carbons (Fsp3) is 0.227. The van der Waals surface area contributed by atoms with Crippen molar-refractivity contribution in [2.45, 2.75) is 13.0 Å². The second-order valence-electron chi connectivity index (χ2n) is 6.70. The number of benzene rings is 1. The van der Waals surface area contributed by atoms with Gasteiger partial charge in [0.2, 0.25) is 0 Å². The summed E-state index contributed by atoms with van der Waals surface area (Å²) in [4.78, 5) is 13.2. The first-order valence-corrected chi connectivity index (χ1v) is 9.37. The predicted octanol–water partition coefficient (Wildman–Crippen LogP) is 3.02. The van der Waals surface area contributed by atoms with Crippen LogP contribution in [-0.2, 0) is 0 Å². The van der Waals surface area contributed by atoms with Gasteiger partial charge in [0, 0.05) is 29.2 Å². The monoisotopic (exact) mass is 407 g/mol. The average Bonchev–Trinajstić information content (AvgIpc) is 2.77. The van der Waals surface area contributed by atoms with Crippen LogP contribution in [0.3, 0.4) is 0 Å². The van der Waals surface area contributed by atoms with E-state index in [9.17, 15) is 5.11 Å². The van der Waals surface area contributed by atoms with E-state index < -0.39 is 6.10 Å². The molecule has 0 radical (unpaired) electrons. The molecule has 0 saturated carbocycles. The summed E-state index contributed by atoms with van der Waals surface area (Å²) in [5.41, 5.74) is 2.02. The molecule has 4 rings (SSSR count). The van der Waals surface area contributed by atoms with E-state index in [2.05, 4.69) is 15.0 Å². The van der Waals surface area contributed by atoms with Crippen LogP contribution >= 0.6 is 0 Å². The molecular weight excluding hydrogens is 386 g/mol. The molecule has 3 aromatic heterocycles. The molecule has 0 aliphatic heterocycles. The van der Waals surface area contributed by atoms with Crippen LogP contribution in [0.5, 0.6) is 23.0 Å². The molecule has 0 fully saturated rings. The van der Waals surface area contributed by atoms with Gasteiger partial charge in [-0.25, -0.2) is 9.97 Å². The van der Waals surface area contributed by atoms with Crippen molar-refractivity contribution >= 4 is 21.9 Å². The Hall–Kier alpha value is -3.49. The van der Waals surface area contributed by atoms with Crippen LogP contribution in [-0.4, -0.2) is 51.6 Å². The van der Waals surface area contributed by atoms with E-state index >= 15 is 0 Å². The van der Waals surface area contributed by atoms with Gasteiger partial charge < -0.3 is 24.4 Å². The molecule has 0 bridgehead atoms. The molecule has 1 aromatic carbocycles. The Morgan fingerprint density at radius 1 is 1.00 bits per heavy atom. The molecule has 0 aliphatic carbocycles. The zero-order valence-electron chi connectivity index (χ0n) is 16.6. The highest BCUT2D eigenvalue weighted by molar-refractivity contribution is 5.88. The number of aliphatic hydroxyl groups is 2. The summed E-state index contributed by atoms with van der Waals surface area (Å²) in [6.45, 7) is 1.41. The summed E-state index contributed by atoms with van der Waals surface area (Å²) in [5, 5.41) is 20.1. The summed E-state index contributed by atoms with van der Waals surface area (Å²) in [6, 6.07) is 10.9. The van der Waals surface area contributed by atoms with Gasteiger partial charge in [0.05, 0.1) is 24.9 Å². The fourth-order valence-corrected chi connectivity index (χ4v) is 3.03. The molecule has 0 spiro atoms. The Balaban J connectivity index is 1.72. The molecular formula is C22H21N3O5. The predicted molar refractivity (Wildman–Crippen MR) is 111 cm³/mol. The minimum Gasteiger partial charge on any atom is -0.493 e. The molecule has 3 heterocycles. The molecule has 30 heavy (non-hydrogen) atoms. The molecule has 0 saturated heterocycles. The van der Waals surface area contributed by atoms with Crippen LogP contribution in [0.25, 0.3) is 21.9 Å². The van der Waals surface area contributed by atoms with Gasteiger partial charge in [0.1, 0.15) is 24.2 Å². The van der Waals surface area contributed by atoms with Crippen molar-refractivity contribution in [3.63, 3.8) is 0 Å². The highest BCUT2D eigenvalue weighted by Crippen LogP contribution is 2.37. The minimum atomic E-state index is -0.981. The molecule has 2 N–H and O–H groups in total. The molecule has 154 valence electrons. The Labute approximate surface area is 172 Å². The summed E-state index contributed by atoms with van der Waals surface area (Å²) in [5.74, 6) is 2.08. The first kappa shape index (κ1) is 19.8. The van der Waals surface area contributed by atoms with Crippen molar-refractivity contribution < 1.29 is 24.4 Å². The number of aliphatic hydroxyl groups excluding tert-OH is 2. The SMILES string of the molecule is COc1cc2c(Oc3cc4cccnc4nc3C)ccnc2cc1OCC(O)CO. The number of aryl methyl sites for hydroxylation is 1. The van der Waals surface area contributed by atoms with Crippen LogP contribution < -0.4 is 14.2 Å². The molecule has 8 heteroatoms. The van der Waals surface area contributed by atoms with E-state index in [1.807, 2.05) is 25.1 Å². The van der Waals surface area contributed by atoms with Crippen molar-refractivity contribution in [3.8, 4) is 23.0 Å². The van der Waals surface area contributed by atoms with Crippen molar-refractivity contribution in [1.29, 1.82) is 0 Å². The lowest BCUT2D eigenvalue weighted by Gasteiger charge is -2.15. The van der Waals surface area contributed by atoms with Crippen LogP contribution in [0.2, 0.25) is 0 Å². The number of fused-ring (bicyclic) bond motifs is 2. The number of ether oxygens (including phenoxy) is 3. The van der Waals surface area contributed by atoms with Crippen molar-refractivity contribution in [2.24, 2.45) is 0 Å². The summed E-state index contributed by atoms with van der Waals surface area (Å²) < 4.78 is 17.2. The highest BCUT2D eigenvalue weighted by Gasteiger charge is 2.14. The van der Waals surface area contributed by atoms with E-state index in [0.717, 1.165) is 16.5 Å². The molecule has 0 aliphatic rings. The van der Waals surface area contributed by atoms with Crippen LogP contribution in [0.15, 0.2) is 48.8 Å². The van der Waals surface area contributed by atoms with Crippen molar-refractivity contribution in [1.82, 2.24) is 15.0 Å². The summed E-state index contributed by atoms with van der Waals surface area (Å²) in [7, 11) is 1.53. The maximum atomic E-state index is 9.54. The molecule has 0 amide bonds. The lowest BCUT2D eigenvalue weighted by molar-refractivity contribution is 0.0528. The Kier molecular flexibility index (Phi) is 5.60. The van der Waals surface area contributed by atoms with Gasteiger partial charge in [-0.3, -0.25) is 4.98 Å². The van der Waals surface area contributed by atoms with Crippen LogP contribution in [0, 0.1) is 6.92 Å². The summed E-state index contributed by atoms with van der Waals surface area (Å²) >= 11 is 0. The Morgan fingerprint density at radius 2 is 1.87 bits per heavy atom. The number of hydrogen-bond acceptors (Lipinski definition) is 8. The first-order chi connectivity index (χ1) is 14.6. The minimum absolute atomic E-state index is 0.0649. The van der Waals surface area contributed by atoms with E-state index in [1.165, 1.54) is 7.11 Å². The van der Waals surface area contributed by atoms with Gasteiger partial charge in [-0.2, -0.15) is 0 Å². The maximum Gasteiger partial charge on any atom is 0.163 e. The standard InChI is InChI=1S/C22H21N3O5/c1-13-19(8-14-4-3-6-24-22(14)25-13)30-18-5-7-23-17-10-21(29-12-15(27)11-26)20(28-2)9-16(17)18/h3-10,15,26-27H,11-12H2,1-2H3. The van der Waals surface area contributed by atoms with Crippen molar-refractivity contribution in [2.75, 3.05) is 20.3 Å². The maximum absolute atomic E-state index is 9.54. The number of pyridine rings is 3. The molecule has 4 aromatic rings. The third-order valence-corrected chi connectivity index (χ3v) is 4.58. The van der Waals surface area contributed by atoms with Gasteiger partial charge in [0.15, 0.2) is 17.1 Å². The Morgan fingerprint density at radius 3 is 2.67 bits per heavy atom. The fourth-order valence-electron chi connectivity index (χ4n) is 3.03. The Bertz CT molecular complexity index is 1200. The lowest BCUT2D eigenvalue weighted by Crippen LogP contribution is -2.21. The quantitative estimate of drug-likeness (QED) is 0.481. The van der Waals surface area contributed by atoms with Crippen LogP contribution in [0.1, 0.15) is 5.69 Å². The lowest BCUT2D eigenvalue weighted by atomic mass is 10.1. The van der Waals surface area contributed by atoms with Gasteiger partial charge in [-0.15, -0.1) is 0 Å². The summed E-state index contributed by atoms with van der Waals surface area (Å²) in [6.07, 6.45) is 2.37. The van der Waals surface area contributed by atoms with E-state index in [1.54, 1.807) is 30.6 Å². The third kappa shape index (κ3) is 3.96. The van der Waals surface area contributed by atoms with Gasteiger partial charge >= 0.3 is 0 Å². The van der Waals surface area contributed by atoms with E-state index in [-0.39, 0.29) is 13.2 Å². The largest absolute Gasteiger partial charge is 0.493 e. The molecule has 8 nitrogen and oxygen atoms in total. The third-order valence-electron chi connectivity index (χ3n) is 4.58. The highest BCUT2D eigenvalue weighted by atomic mass is 16.5. The second kappa shape index (κ2) is 8.48. The second-order valence-corrected chi connectivity index (χ2v) is 6.70. The normalized spacial score (nSPS) is 12.1. The van der Waals surface area contributed by atoms with Crippen molar-refractivity contribution in [3.05, 3.63) is 54.5 Å². The smallest absolute Gasteiger partial charge is 0.163 e. The van der Waals surface area contributed by atoms with Crippen LogP contribution in [0.4, 0.5) is 0 Å². The van der Waals surface area contributed by atoms with E-state index in [0.29, 0.717) is 34.2 Å². The molecule has 1 atom stereocenters. The number of aromatic nitrogens is 3. The zero-order valence-corrected chi connectivity index (χ0v) is 16.6. The molecule has 1 unspecified atom stereocenters. The average molecular weight is 407 g/mol. The number of rotatable bonds is 7. The number of methoxy groups -OCH3 is 1. The van der Waals surface area contributed by atoms with E-state index in [4.69, 9.17) is 19.3 Å². The number of hydrogen-bond donors (Lipinski definition) is 2.